The van der Waals surface area contributed by atoms with Crippen LogP contribution < -0.4 is 5.32 Å². The van der Waals surface area contributed by atoms with Gasteiger partial charge in [-0.05, 0) is 34.5 Å². The minimum atomic E-state index is -0.0522. The van der Waals surface area contributed by atoms with Crippen molar-refractivity contribution < 1.29 is 9.90 Å². The van der Waals surface area contributed by atoms with Gasteiger partial charge in [-0.3, -0.25) is 4.79 Å². The molecule has 0 spiro atoms. The van der Waals surface area contributed by atoms with Gasteiger partial charge in [-0.2, -0.15) is 0 Å². The van der Waals surface area contributed by atoms with E-state index in [0.29, 0.717) is 19.4 Å². The van der Waals surface area contributed by atoms with Gasteiger partial charge in [0.25, 0.3) is 0 Å². The summed E-state index contributed by atoms with van der Waals surface area (Å²) in [6.07, 6.45) is 2.40. The number of carbonyl (C=O) groups is 1. The molecular weight excluding hydrogens is 246 g/mol. The normalized spacial score (nSPS) is 10.4. The zero-order chi connectivity index (χ0) is 13.5. The van der Waals surface area contributed by atoms with Crippen molar-refractivity contribution in [1.29, 1.82) is 0 Å². The SMILES string of the molecule is O=C(Cc1ccc(-n2cnnn2)cc1)NCCCO. The largest absolute Gasteiger partial charge is 0.396 e. The third kappa shape index (κ3) is 3.85. The van der Waals surface area contributed by atoms with Crippen LogP contribution in [0.15, 0.2) is 30.6 Å². The number of hydrogen-bond acceptors (Lipinski definition) is 5. The van der Waals surface area contributed by atoms with Crippen molar-refractivity contribution >= 4 is 5.91 Å². The lowest BCUT2D eigenvalue weighted by molar-refractivity contribution is -0.120. The number of aliphatic hydroxyl groups excluding tert-OH is 1. The van der Waals surface area contributed by atoms with Gasteiger partial charge in [0.15, 0.2) is 0 Å². The molecule has 2 N–H and O–H groups in total. The van der Waals surface area contributed by atoms with Gasteiger partial charge in [-0.1, -0.05) is 12.1 Å². The van der Waals surface area contributed by atoms with Gasteiger partial charge in [-0.15, -0.1) is 5.10 Å². The maximum atomic E-state index is 11.6. The van der Waals surface area contributed by atoms with Gasteiger partial charge in [-0.25, -0.2) is 4.68 Å². The number of tetrazole rings is 1. The van der Waals surface area contributed by atoms with Gasteiger partial charge in [0, 0.05) is 13.2 Å². The maximum Gasteiger partial charge on any atom is 0.224 e. The summed E-state index contributed by atoms with van der Waals surface area (Å²) in [5, 5.41) is 22.3. The summed E-state index contributed by atoms with van der Waals surface area (Å²) in [5.74, 6) is -0.0522. The maximum absolute atomic E-state index is 11.6. The van der Waals surface area contributed by atoms with Crippen LogP contribution in [0.5, 0.6) is 0 Å². The number of benzene rings is 1. The Kier molecular flexibility index (Phi) is 4.57. The van der Waals surface area contributed by atoms with E-state index in [4.69, 9.17) is 5.11 Å². The van der Waals surface area contributed by atoms with Crippen molar-refractivity contribution in [2.45, 2.75) is 12.8 Å². The Balaban J connectivity index is 1.90. The summed E-state index contributed by atoms with van der Waals surface area (Å²) >= 11 is 0. The van der Waals surface area contributed by atoms with Crippen LogP contribution in [0.25, 0.3) is 5.69 Å². The molecule has 19 heavy (non-hydrogen) atoms. The van der Waals surface area contributed by atoms with E-state index >= 15 is 0 Å². The number of aliphatic hydroxyl groups is 1. The van der Waals surface area contributed by atoms with Crippen LogP contribution in [-0.2, 0) is 11.2 Å². The molecule has 0 aliphatic rings. The molecule has 0 unspecified atom stereocenters. The van der Waals surface area contributed by atoms with Crippen molar-refractivity contribution in [2.75, 3.05) is 13.2 Å². The minimum Gasteiger partial charge on any atom is -0.396 e. The van der Waals surface area contributed by atoms with E-state index in [9.17, 15) is 4.79 Å². The number of carbonyl (C=O) groups excluding carboxylic acids is 1. The van der Waals surface area contributed by atoms with Crippen LogP contribution in [-0.4, -0.2) is 44.4 Å². The standard InChI is InChI=1S/C12H15N5O2/c18-7-1-6-13-12(19)8-10-2-4-11(5-3-10)17-9-14-15-16-17/h2-5,9,18H,1,6-8H2,(H,13,19). The number of amides is 1. The molecule has 1 aromatic heterocycles. The van der Waals surface area contributed by atoms with Crippen LogP contribution in [0.1, 0.15) is 12.0 Å². The topological polar surface area (TPSA) is 92.9 Å². The Morgan fingerprint density at radius 2 is 2.11 bits per heavy atom. The second-order valence-electron chi connectivity index (χ2n) is 4.02. The van der Waals surface area contributed by atoms with Crippen LogP contribution in [0.4, 0.5) is 0 Å². The van der Waals surface area contributed by atoms with Crippen molar-refractivity contribution in [3.05, 3.63) is 36.2 Å². The molecule has 0 aliphatic carbocycles. The summed E-state index contributed by atoms with van der Waals surface area (Å²) in [6, 6.07) is 7.44. The van der Waals surface area contributed by atoms with E-state index in [-0.39, 0.29) is 12.5 Å². The zero-order valence-electron chi connectivity index (χ0n) is 10.4. The first-order chi connectivity index (χ1) is 9.29. The molecule has 2 aromatic rings. The molecule has 2 rings (SSSR count). The van der Waals surface area contributed by atoms with Gasteiger partial charge >= 0.3 is 0 Å². The summed E-state index contributed by atoms with van der Waals surface area (Å²) < 4.78 is 1.55. The molecule has 0 aliphatic heterocycles. The molecule has 0 saturated carbocycles. The summed E-state index contributed by atoms with van der Waals surface area (Å²) in [6.45, 7) is 0.582. The first-order valence-electron chi connectivity index (χ1n) is 5.99. The molecule has 0 saturated heterocycles. The fourth-order valence-corrected chi connectivity index (χ4v) is 1.60. The molecule has 0 atom stereocenters. The fraction of sp³-hybridized carbons (Fsp3) is 0.333. The number of hydrogen-bond donors (Lipinski definition) is 2. The Morgan fingerprint density at radius 1 is 1.32 bits per heavy atom. The molecule has 1 aromatic carbocycles. The minimum absolute atomic E-state index is 0.0522. The van der Waals surface area contributed by atoms with E-state index in [1.807, 2.05) is 24.3 Å². The van der Waals surface area contributed by atoms with Crippen molar-refractivity contribution in [3.8, 4) is 5.69 Å². The lowest BCUT2D eigenvalue weighted by atomic mass is 10.1. The highest BCUT2D eigenvalue weighted by Crippen LogP contribution is 2.08. The number of nitrogens with zero attached hydrogens (tertiary/aromatic N) is 4. The van der Waals surface area contributed by atoms with E-state index in [0.717, 1.165) is 11.3 Å². The van der Waals surface area contributed by atoms with E-state index in [1.54, 1.807) is 4.68 Å². The van der Waals surface area contributed by atoms with E-state index in [2.05, 4.69) is 20.8 Å². The van der Waals surface area contributed by atoms with Gasteiger partial charge in [0.05, 0.1) is 12.1 Å². The molecule has 7 nitrogen and oxygen atoms in total. The average molecular weight is 261 g/mol. The van der Waals surface area contributed by atoms with Gasteiger partial charge < -0.3 is 10.4 Å². The smallest absolute Gasteiger partial charge is 0.224 e. The average Bonchev–Trinajstić information content (AvgIpc) is 2.94. The molecule has 7 heteroatoms. The first-order valence-corrected chi connectivity index (χ1v) is 5.99. The number of aromatic nitrogens is 4. The lowest BCUT2D eigenvalue weighted by Crippen LogP contribution is -2.26. The number of rotatable bonds is 6. The molecule has 0 fully saturated rings. The van der Waals surface area contributed by atoms with Crippen molar-refractivity contribution in [1.82, 2.24) is 25.5 Å². The predicted molar refractivity (Wildman–Crippen MR) is 67.6 cm³/mol. The highest BCUT2D eigenvalue weighted by Gasteiger charge is 2.03. The fourth-order valence-electron chi connectivity index (χ4n) is 1.60. The molecule has 1 amide bonds. The Morgan fingerprint density at radius 3 is 2.74 bits per heavy atom. The Bertz CT molecular complexity index is 509. The van der Waals surface area contributed by atoms with E-state index in [1.165, 1.54) is 6.33 Å². The molecule has 0 bridgehead atoms. The highest BCUT2D eigenvalue weighted by molar-refractivity contribution is 5.78. The summed E-state index contributed by atoms with van der Waals surface area (Å²) in [7, 11) is 0. The molecular formula is C12H15N5O2. The second-order valence-corrected chi connectivity index (χ2v) is 4.02. The Hall–Kier alpha value is -2.28. The van der Waals surface area contributed by atoms with Crippen LogP contribution in [0, 0.1) is 0 Å². The van der Waals surface area contributed by atoms with Crippen LogP contribution in [0.3, 0.4) is 0 Å². The second kappa shape index (κ2) is 6.60. The van der Waals surface area contributed by atoms with Crippen molar-refractivity contribution in [2.24, 2.45) is 0 Å². The first kappa shape index (κ1) is 13.2. The Labute approximate surface area is 110 Å². The van der Waals surface area contributed by atoms with Crippen LogP contribution >= 0.6 is 0 Å². The van der Waals surface area contributed by atoms with Gasteiger partial charge in [0.1, 0.15) is 6.33 Å². The molecule has 0 radical (unpaired) electrons. The predicted octanol–water partition coefficient (Wildman–Crippen LogP) is -0.297. The monoisotopic (exact) mass is 261 g/mol. The third-order valence-electron chi connectivity index (χ3n) is 2.57. The highest BCUT2D eigenvalue weighted by atomic mass is 16.3. The van der Waals surface area contributed by atoms with Crippen molar-refractivity contribution in [3.63, 3.8) is 0 Å². The van der Waals surface area contributed by atoms with Crippen LogP contribution in [0.2, 0.25) is 0 Å². The summed E-state index contributed by atoms with van der Waals surface area (Å²) in [5.41, 5.74) is 1.76. The van der Waals surface area contributed by atoms with Gasteiger partial charge in [0.2, 0.25) is 5.91 Å². The summed E-state index contributed by atoms with van der Waals surface area (Å²) in [4.78, 5) is 11.6. The lowest BCUT2D eigenvalue weighted by Gasteiger charge is -2.05. The quantitative estimate of drug-likeness (QED) is 0.697. The van der Waals surface area contributed by atoms with E-state index < -0.39 is 0 Å². The molecule has 1 heterocycles. The number of nitrogens with one attached hydrogen (secondary N) is 1. The molecule has 100 valence electrons. The zero-order valence-corrected chi connectivity index (χ0v) is 10.4. The third-order valence-corrected chi connectivity index (χ3v) is 2.57.